The second kappa shape index (κ2) is 8.02. The van der Waals surface area contributed by atoms with Gasteiger partial charge < -0.3 is 9.64 Å². The van der Waals surface area contributed by atoms with Gasteiger partial charge >= 0.3 is 5.97 Å². The van der Waals surface area contributed by atoms with Gasteiger partial charge in [-0.3, -0.25) is 4.79 Å². The Kier molecular flexibility index (Phi) is 6.28. The number of hydrogen-bond acceptors (Lipinski definition) is 6. The van der Waals surface area contributed by atoms with Gasteiger partial charge in [0, 0.05) is 17.5 Å². The molecule has 6 nitrogen and oxygen atoms in total. The predicted molar refractivity (Wildman–Crippen MR) is 93.0 cm³/mol. The molecule has 2 rings (SSSR count). The summed E-state index contributed by atoms with van der Waals surface area (Å²) in [4.78, 5) is 26.8. The van der Waals surface area contributed by atoms with Crippen molar-refractivity contribution in [2.75, 3.05) is 30.9 Å². The van der Waals surface area contributed by atoms with E-state index in [0.29, 0.717) is 18.5 Å². The maximum Gasteiger partial charge on any atom is 0.338 e. The molecule has 0 radical (unpaired) electrons. The highest BCUT2D eigenvalue weighted by atomic mass is 32.2. The van der Waals surface area contributed by atoms with Gasteiger partial charge in [0.25, 0.3) is 5.91 Å². The van der Waals surface area contributed by atoms with Crippen molar-refractivity contribution < 1.29 is 22.7 Å². The third-order valence-electron chi connectivity index (χ3n) is 3.96. The van der Waals surface area contributed by atoms with Gasteiger partial charge in [0.2, 0.25) is 0 Å². The zero-order chi connectivity index (χ0) is 17.7. The normalized spacial score (nSPS) is 19.0. The maximum atomic E-state index is 12.3. The lowest BCUT2D eigenvalue weighted by atomic mass is 10.2. The van der Waals surface area contributed by atoms with E-state index in [1.165, 1.54) is 4.90 Å². The average molecular weight is 371 g/mol. The molecular weight excluding hydrogens is 350 g/mol. The monoisotopic (exact) mass is 371 g/mol. The van der Waals surface area contributed by atoms with Gasteiger partial charge in [-0.1, -0.05) is 0 Å². The van der Waals surface area contributed by atoms with E-state index in [0.717, 1.165) is 4.90 Å². The number of thioether (sulfide) groups is 1. The Bertz CT molecular complexity index is 700. The molecule has 132 valence electrons. The van der Waals surface area contributed by atoms with Crippen LogP contribution in [0.3, 0.4) is 0 Å². The number of ether oxygens (including phenoxy) is 1. The summed E-state index contributed by atoms with van der Waals surface area (Å²) in [6.45, 7) is 1.79. The number of esters is 1. The molecule has 1 aromatic carbocycles. The largest absolute Gasteiger partial charge is 0.452 e. The van der Waals surface area contributed by atoms with Crippen molar-refractivity contribution in [2.24, 2.45) is 0 Å². The van der Waals surface area contributed by atoms with Gasteiger partial charge in [-0.2, -0.15) is 0 Å². The number of nitrogens with zero attached hydrogens (tertiary/aromatic N) is 1. The number of hydrogen-bond donors (Lipinski definition) is 0. The van der Waals surface area contributed by atoms with Crippen molar-refractivity contribution in [1.82, 2.24) is 4.90 Å². The predicted octanol–water partition coefficient (Wildman–Crippen LogP) is 1.60. The zero-order valence-corrected chi connectivity index (χ0v) is 15.4. The van der Waals surface area contributed by atoms with E-state index in [4.69, 9.17) is 4.74 Å². The fraction of sp³-hybridized carbons (Fsp3) is 0.500. The molecule has 1 aromatic rings. The first kappa shape index (κ1) is 18.8. The Balaban J connectivity index is 1.92. The van der Waals surface area contributed by atoms with E-state index in [2.05, 4.69) is 0 Å². The molecular formula is C16H21NO5S2. The summed E-state index contributed by atoms with van der Waals surface area (Å²) in [6.07, 6.45) is 2.38. The van der Waals surface area contributed by atoms with Gasteiger partial charge in [-0.25, -0.2) is 13.2 Å². The number of amides is 1. The van der Waals surface area contributed by atoms with E-state index in [1.54, 1.807) is 30.8 Å². The summed E-state index contributed by atoms with van der Waals surface area (Å²) in [5.74, 6) is -0.848. The van der Waals surface area contributed by atoms with Crippen LogP contribution in [0.1, 0.15) is 23.7 Å². The minimum atomic E-state index is -3.07. The molecule has 1 aliphatic rings. The van der Waals surface area contributed by atoms with Crippen LogP contribution in [0.4, 0.5) is 0 Å². The van der Waals surface area contributed by atoms with Crippen molar-refractivity contribution in [2.45, 2.75) is 24.3 Å². The molecule has 8 heteroatoms. The lowest BCUT2D eigenvalue weighted by Gasteiger charge is -2.26. The van der Waals surface area contributed by atoms with Crippen molar-refractivity contribution in [3.05, 3.63) is 29.8 Å². The van der Waals surface area contributed by atoms with E-state index < -0.39 is 15.8 Å². The van der Waals surface area contributed by atoms with Crippen molar-refractivity contribution in [3.63, 3.8) is 0 Å². The van der Waals surface area contributed by atoms with Gasteiger partial charge in [0.15, 0.2) is 16.4 Å². The van der Waals surface area contributed by atoms with Crippen LogP contribution in [0, 0.1) is 0 Å². The van der Waals surface area contributed by atoms with Crippen molar-refractivity contribution in [1.29, 1.82) is 0 Å². The summed E-state index contributed by atoms with van der Waals surface area (Å²) in [6, 6.07) is 6.60. The third kappa shape index (κ3) is 4.73. The van der Waals surface area contributed by atoms with Crippen LogP contribution in [0.5, 0.6) is 0 Å². The van der Waals surface area contributed by atoms with E-state index in [9.17, 15) is 18.0 Å². The van der Waals surface area contributed by atoms with Crippen LogP contribution < -0.4 is 0 Å². The standard InChI is InChI=1S/C16H21NO5S2/c1-3-17(13-8-9-24(20,21)11-13)15(18)10-22-16(19)12-4-6-14(23-2)7-5-12/h4-7,13H,3,8-11H2,1-2H3/t13-/m0/s1. The summed E-state index contributed by atoms with van der Waals surface area (Å²) in [5.41, 5.74) is 0.382. The second-order valence-corrected chi connectivity index (χ2v) is 8.65. The van der Waals surface area contributed by atoms with Gasteiger partial charge in [0.1, 0.15) is 0 Å². The Hall–Kier alpha value is -1.54. The van der Waals surface area contributed by atoms with Crippen LogP contribution in [0.2, 0.25) is 0 Å². The van der Waals surface area contributed by atoms with Crippen LogP contribution in [-0.4, -0.2) is 62.1 Å². The Morgan fingerprint density at radius 1 is 1.29 bits per heavy atom. The topological polar surface area (TPSA) is 80.8 Å². The van der Waals surface area contributed by atoms with Gasteiger partial charge in [-0.15, -0.1) is 11.8 Å². The molecule has 1 atom stereocenters. The first-order valence-corrected chi connectivity index (χ1v) is 10.7. The molecule has 1 saturated heterocycles. The minimum absolute atomic E-state index is 0.0172. The molecule has 1 aliphatic heterocycles. The lowest BCUT2D eigenvalue weighted by molar-refractivity contribution is -0.136. The van der Waals surface area contributed by atoms with Crippen LogP contribution in [-0.2, 0) is 19.4 Å². The second-order valence-electron chi connectivity index (χ2n) is 5.54. The number of sulfone groups is 1. The third-order valence-corrected chi connectivity index (χ3v) is 6.46. The first-order valence-electron chi connectivity index (χ1n) is 7.67. The number of benzene rings is 1. The van der Waals surface area contributed by atoms with E-state index in [1.807, 2.05) is 18.4 Å². The molecule has 1 amide bonds. The highest BCUT2D eigenvalue weighted by Gasteiger charge is 2.34. The van der Waals surface area contributed by atoms with Crippen molar-refractivity contribution in [3.8, 4) is 0 Å². The SMILES string of the molecule is CCN(C(=O)COC(=O)c1ccc(SC)cc1)[C@H]1CCS(=O)(=O)C1. The molecule has 1 fully saturated rings. The number of carbonyl (C=O) groups excluding carboxylic acids is 2. The Morgan fingerprint density at radius 3 is 2.46 bits per heavy atom. The lowest BCUT2D eigenvalue weighted by Crippen LogP contribution is -2.43. The summed E-state index contributed by atoms with van der Waals surface area (Å²) in [7, 11) is -3.07. The summed E-state index contributed by atoms with van der Waals surface area (Å²) < 4.78 is 28.2. The molecule has 0 spiro atoms. The average Bonchev–Trinajstić information content (AvgIpc) is 2.93. The molecule has 24 heavy (non-hydrogen) atoms. The zero-order valence-electron chi connectivity index (χ0n) is 13.7. The summed E-state index contributed by atoms with van der Waals surface area (Å²) >= 11 is 1.57. The van der Waals surface area contributed by atoms with Gasteiger partial charge in [-0.05, 0) is 43.9 Å². The van der Waals surface area contributed by atoms with Gasteiger partial charge in [0.05, 0.1) is 17.1 Å². The fourth-order valence-corrected chi connectivity index (χ4v) is 4.82. The quantitative estimate of drug-likeness (QED) is 0.558. The fourth-order valence-electron chi connectivity index (χ4n) is 2.68. The molecule has 1 heterocycles. The highest BCUT2D eigenvalue weighted by molar-refractivity contribution is 7.98. The van der Waals surface area contributed by atoms with E-state index >= 15 is 0 Å². The number of carbonyl (C=O) groups is 2. The summed E-state index contributed by atoms with van der Waals surface area (Å²) in [5, 5.41) is 0. The number of likely N-dealkylation sites (N-methyl/N-ethyl adjacent to an activating group) is 1. The number of rotatable bonds is 6. The molecule has 0 aliphatic carbocycles. The Morgan fingerprint density at radius 2 is 1.96 bits per heavy atom. The smallest absolute Gasteiger partial charge is 0.338 e. The highest BCUT2D eigenvalue weighted by Crippen LogP contribution is 2.18. The Labute approximate surface area is 146 Å². The molecule has 0 unspecified atom stereocenters. The van der Waals surface area contributed by atoms with Crippen LogP contribution in [0.25, 0.3) is 0 Å². The molecule has 0 bridgehead atoms. The molecule has 0 saturated carbocycles. The van der Waals surface area contributed by atoms with Crippen LogP contribution >= 0.6 is 11.8 Å². The maximum absolute atomic E-state index is 12.3. The molecule has 0 aromatic heterocycles. The first-order chi connectivity index (χ1) is 11.4. The minimum Gasteiger partial charge on any atom is -0.452 e. The molecule has 0 N–H and O–H groups in total. The van der Waals surface area contributed by atoms with E-state index in [-0.39, 0.29) is 30.1 Å². The van der Waals surface area contributed by atoms with Crippen LogP contribution in [0.15, 0.2) is 29.2 Å². The van der Waals surface area contributed by atoms with Crippen molar-refractivity contribution >= 4 is 33.5 Å².